The molecule has 0 aliphatic rings. The third-order valence-electron chi connectivity index (χ3n) is 3.43. The Hall–Kier alpha value is -0.540. The van der Waals surface area contributed by atoms with Crippen molar-refractivity contribution in [3.05, 3.63) is 29.8 Å². The van der Waals surface area contributed by atoms with Crippen molar-refractivity contribution < 1.29 is 9.47 Å². The number of benzene rings is 1. The molecule has 0 spiro atoms. The Morgan fingerprint density at radius 1 is 1.10 bits per heavy atom. The van der Waals surface area contributed by atoms with Crippen LogP contribution in [0.4, 0.5) is 0 Å². The van der Waals surface area contributed by atoms with Crippen molar-refractivity contribution in [3.63, 3.8) is 0 Å². The average Bonchev–Trinajstić information content (AvgIpc) is 2.45. The van der Waals surface area contributed by atoms with E-state index >= 15 is 0 Å². The van der Waals surface area contributed by atoms with E-state index < -0.39 is 0 Å². The van der Waals surface area contributed by atoms with Crippen molar-refractivity contribution in [2.45, 2.75) is 33.1 Å². The fourth-order valence-electron chi connectivity index (χ4n) is 2.09. The molecule has 20 heavy (non-hydrogen) atoms. The summed E-state index contributed by atoms with van der Waals surface area (Å²) in [5.41, 5.74) is 1.28. The van der Waals surface area contributed by atoms with Crippen molar-refractivity contribution in [1.82, 2.24) is 0 Å². The van der Waals surface area contributed by atoms with Crippen molar-refractivity contribution >= 4 is 15.9 Å². The van der Waals surface area contributed by atoms with E-state index in [-0.39, 0.29) is 0 Å². The normalized spacial score (nSPS) is 12.7. The largest absolute Gasteiger partial charge is 0.496 e. The van der Waals surface area contributed by atoms with Crippen LogP contribution in [-0.2, 0) is 11.2 Å². The number of halogens is 1. The van der Waals surface area contributed by atoms with E-state index in [0.717, 1.165) is 49.5 Å². The summed E-state index contributed by atoms with van der Waals surface area (Å²) in [6, 6.07) is 8.26. The van der Waals surface area contributed by atoms with Gasteiger partial charge >= 0.3 is 0 Å². The molecule has 0 saturated carbocycles. The van der Waals surface area contributed by atoms with Gasteiger partial charge in [-0.15, -0.1) is 0 Å². The Balaban J connectivity index is 2.35. The molecule has 2 nitrogen and oxygen atoms in total. The number of hydrogen-bond acceptors (Lipinski definition) is 2. The molecule has 0 aromatic heterocycles. The van der Waals surface area contributed by atoms with Gasteiger partial charge < -0.3 is 9.47 Å². The summed E-state index contributed by atoms with van der Waals surface area (Å²) >= 11 is 3.62. The molecule has 114 valence electrons. The van der Waals surface area contributed by atoms with Gasteiger partial charge in [-0.25, -0.2) is 0 Å². The van der Waals surface area contributed by atoms with Gasteiger partial charge in [0.1, 0.15) is 5.75 Å². The number of alkyl halides is 1. The van der Waals surface area contributed by atoms with Gasteiger partial charge in [-0.05, 0) is 42.7 Å². The molecule has 0 heterocycles. The summed E-state index contributed by atoms with van der Waals surface area (Å²) < 4.78 is 11.1. The minimum atomic E-state index is 0.588. The van der Waals surface area contributed by atoms with Gasteiger partial charge in [-0.2, -0.15) is 0 Å². The third kappa shape index (κ3) is 6.76. The van der Waals surface area contributed by atoms with E-state index in [1.807, 2.05) is 12.1 Å². The predicted molar refractivity (Wildman–Crippen MR) is 88.9 cm³/mol. The molecule has 0 N–H and O–H groups in total. The first-order valence-corrected chi connectivity index (χ1v) is 8.55. The summed E-state index contributed by atoms with van der Waals surface area (Å²) in [6.45, 7) is 6.18. The predicted octanol–water partition coefficient (Wildman–Crippen LogP) is 4.70. The number of ether oxygens (including phenoxy) is 2. The summed E-state index contributed by atoms with van der Waals surface area (Å²) in [6.07, 6.45) is 3.26. The van der Waals surface area contributed by atoms with Crippen molar-refractivity contribution in [3.8, 4) is 5.75 Å². The van der Waals surface area contributed by atoms with Gasteiger partial charge in [-0.3, -0.25) is 0 Å². The molecule has 0 radical (unpaired) electrons. The quantitative estimate of drug-likeness (QED) is 0.453. The Kier molecular flexibility index (Phi) is 8.95. The monoisotopic (exact) mass is 342 g/mol. The maximum Gasteiger partial charge on any atom is 0.122 e. The molecule has 1 atom stereocenters. The van der Waals surface area contributed by atoms with Crippen LogP contribution in [0.2, 0.25) is 0 Å². The van der Waals surface area contributed by atoms with E-state index in [1.54, 1.807) is 7.11 Å². The van der Waals surface area contributed by atoms with Crippen LogP contribution in [0.15, 0.2) is 24.3 Å². The van der Waals surface area contributed by atoms with Crippen LogP contribution in [-0.4, -0.2) is 25.7 Å². The Morgan fingerprint density at radius 3 is 2.45 bits per heavy atom. The number of rotatable bonds is 10. The zero-order valence-corrected chi connectivity index (χ0v) is 14.5. The van der Waals surface area contributed by atoms with Gasteiger partial charge in [0.15, 0.2) is 0 Å². The summed E-state index contributed by atoms with van der Waals surface area (Å²) in [4.78, 5) is 0. The summed E-state index contributed by atoms with van der Waals surface area (Å²) in [7, 11) is 1.73. The molecule has 1 aromatic carbocycles. The second-order valence-electron chi connectivity index (χ2n) is 5.62. The molecule has 1 aromatic rings. The SMILES string of the molecule is COc1ccccc1CC(CBr)CCOCCC(C)C. The van der Waals surface area contributed by atoms with Crippen LogP contribution in [0.1, 0.15) is 32.3 Å². The maximum atomic E-state index is 5.72. The lowest BCUT2D eigenvalue weighted by Crippen LogP contribution is -2.11. The highest BCUT2D eigenvalue weighted by Gasteiger charge is 2.11. The van der Waals surface area contributed by atoms with E-state index in [0.29, 0.717) is 5.92 Å². The van der Waals surface area contributed by atoms with Crippen LogP contribution in [0.25, 0.3) is 0 Å². The topological polar surface area (TPSA) is 18.5 Å². The minimum absolute atomic E-state index is 0.588. The molecule has 0 amide bonds. The standard InChI is InChI=1S/C17H27BrO2/c1-14(2)8-10-20-11-9-15(13-18)12-16-6-4-5-7-17(16)19-3/h4-7,14-15H,8-13H2,1-3H3. The van der Waals surface area contributed by atoms with Gasteiger partial charge in [0.05, 0.1) is 7.11 Å². The molecule has 1 unspecified atom stereocenters. The Morgan fingerprint density at radius 2 is 1.80 bits per heavy atom. The van der Waals surface area contributed by atoms with E-state index in [2.05, 4.69) is 41.9 Å². The molecule has 0 saturated heterocycles. The first-order valence-electron chi connectivity index (χ1n) is 7.43. The lowest BCUT2D eigenvalue weighted by atomic mass is 9.98. The molecule has 1 rings (SSSR count). The van der Waals surface area contributed by atoms with Gasteiger partial charge in [0, 0.05) is 18.5 Å². The van der Waals surface area contributed by atoms with Crippen LogP contribution >= 0.6 is 15.9 Å². The van der Waals surface area contributed by atoms with E-state index in [1.165, 1.54) is 5.56 Å². The van der Waals surface area contributed by atoms with Crippen LogP contribution in [0.5, 0.6) is 5.75 Å². The first-order chi connectivity index (χ1) is 9.67. The maximum absolute atomic E-state index is 5.72. The smallest absolute Gasteiger partial charge is 0.122 e. The zero-order chi connectivity index (χ0) is 14.8. The highest BCUT2D eigenvalue weighted by molar-refractivity contribution is 9.09. The first kappa shape index (κ1) is 17.5. The second kappa shape index (κ2) is 10.2. The van der Waals surface area contributed by atoms with Crippen molar-refractivity contribution in [2.24, 2.45) is 11.8 Å². The molecular formula is C17H27BrO2. The molecule has 0 fully saturated rings. The van der Waals surface area contributed by atoms with E-state index in [4.69, 9.17) is 9.47 Å². The fourth-order valence-corrected chi connectivity index (χ4v) is 2.64. The minimum Gasteiger partial charge on any atom is -0.496 e. The number of methoxy groups -OCH3 is 1. The highest BCUT2D eigenvalue weighted by Crippen LogP contribution is 2.23. The second-order valence-corrected chi connectivity index (χ2v) is 6.27. The number of para-hydroxylation sites is 1. The summed E-state index contributed by atoms with van der Waals surface area (Å²) in [5.74, 6) is 2.29. The van der Waals surface area contributed by atoms with Crippen LogP contribution in [0.3, 0.4) is 0 Å². The van der Waals surface area contributed by atoms with Crippen LogP contribution in [0, 0.1) is 11.8 Å². The molecular weight excluding hydrogens is 316 g/mol. The molecule has 0 aliphatic carbocycles. The van der Waals surface area contributed by atoms with Crippen molar-refractivity contribution in [1.29, 1.82) is 0 Å². The van der Waals surface area contributed by atoms with E-state index in [9.17, 15) is 0 Å². The Labute approximate surface area is 132 Å². The zero-order valence-electron chi connectivity index (χ0n) is 12.9. The molecule has 0 bridgehead atoms. The average molecular weight is 343 g/mol. The lowest BCUT2D eigenvalue weighted by Gasteiger charge is -2.16. The summed E-state index contributed by atoms with van der Waals surface area (Å²) in [5, 5.41) is 0.999. The molecule has 0 aliphatic heterocycles. The van der Waals surface area contributed by atoms with Crippen molar-refractivity contribution in [2.75, 3.05) is 25.7 Å². The van der Waals surface area contributed by atoms with Crippen LogP contribution < -0.4 is 4.74 Å². The fraction of sp³-hybridized carbons (Fsp3) is 0.647. The Bertz CT molecular complexity index is 366. The lowest BCUT2D eigenvalue weighted by molar-refractivity contribution is 0.112. The van der Waals surface area contributed by atoms with Gasteiger partial charge in [-0.1, -0.05) is 48.0 Å². The molecule has 3 heteroatoms. The van der Waals surface area contributed by atoms with Gasteiger partial charge in [0.2, 0.25) is 0 Å². The third-order valence-corrected chi connectivity index (χ3v) is 4.34. The highest BCUT2D eigenvalue weighted by atomic mass is 79.9. The van der Waals surface area contributed by atoms with Gasteiger partial charge in [0.25, 0.3) is 0 Å². The number of hydrogen-bond donors (Lipinski definition) is 0.